The molecule has 1 saturated carbocycles. The van der Waals surface area contributed by atoms with E-state index in [4.69, 9.17) is 0 Å². The van der Waals surface area contributed by atoms with Crippen LogP contribution in [0, 0.1) is 6.92 Å². The van der Waals surface area contributed by atoms with Crippen molar-refractivity contribution in [2.45, 2.75) is 38.5 Å². The number of nitrogens with zero attached hydrogens (tertiary/aromatic N) is 1. The van der Waals surface area contributed by atoms with Gasteiger partial charge in [-0.05, 0) is 19.8 Å². The SMILES string of the molecule is Cc1nc(C2CCCC(=O)C2)cs1. The Hall–Kier alpha value is -0.700. The number of hydrogen-bond acceptors (Lipinski definition) is 3. The quantitative estimate of drug-likeness (QED) is 0.689. The van der Waals surface area contributed by atoms with Crippen LogP contribution in [0.3, 0.4) is 0 Å². The van der Waals surface area contributed by atoms with E-state index in [-0.39, 0.29) is 0 Å². The number of aryl methyl sites for hydroxylation is 1. The number of carbonyl (C=O) groups excluding carboxylic acids is 1. The molecule has 0 radical (unpaired) electrons. The molecule has 1 aromatic rings. The summed E-state index contributed by atoms with van der Waals surface area (Å²) in [4.78, 5) is 15.7. The van der Waals surface area contributed by atoms with Gasteiger partial charge < -0.3 is 0 Å². The van der Waals surface area contributed by atoms with Crippen LogP contribution in [0.5, 0.6) is 0 Å². The molecule has 1 aliphatic carbocycles. The van der Waals surface area contributed by atoms with Crippen LogP contribution in [0.1, 0.15) is 42.3 Å². The molecule has 1 aliphatic rings. The maximum atomic E-state index is 11.2. The van der Waals surface area contributed by atoms with E-state index in [1.165, 1.54) is 0 Å². The Morgan fingerprint density at radius 1 is 1.62 bits per heavy atom. The molecule has 0 bridgehead atoms. The van der Waals surface area contributed by atoms with Crippen molar-refractivity contribution in [3.63, 3.8) is 0 Å². The van der Waals surface area contributed by atoms with E-state index in [9.17, 15) is 4.79 Å². The molecule has 0 spiro atoms. The number of ketones is 1. The molecule has 0 aromatic carbocycles. The van der Waals surface area contributed by atoms with E-state index in [1.54, 1.807) is 11.3 Å². The Balaban J connectivity index is 2.12. The summed E-state index contributed by atoms with van der Waals surface area (Å²) in [7, 11) is 0. The molecule has 1 heterocycles. The molecule has 0 aliphatic heterocycles. The number of aromatic nitrogens is 1. The average molecular weight is 195 g/mol. The minimum absolute atomic E-state index is 0.405. The van der Waals surface area contributed by atoms with Gasteiger partial charge in [0.25, 0.3) is 0 Å². The Kier molecular flexibility index (Phi) is 2.44. The molecule has 0 amide bonds. The van der Waals surface area contributed by atoms with E-state index in [2.05, 4.69) is 10.4 Å². The van der Waals surface area contributed by atoms with Crippen molar-refractivity contribution in [2.24, 2.45) is 0 Å². The fourth-order valence-electron chi connectivity index (χ4n) is 1.84. The van der Waals surface area contributed by atoms with Crippen molar-refractivity contribution in [1.29, 1.82) is 0 Å². The molecular weight excluding hydrogens is 182 g/mol. The van der Waals surface area contributed by atoms with E-state index in [0.717, 1.165) is 30.0 Å². The molecule has 0 N–H and O–H groups in total. The van der Waals surface area contributed by atoms with Crippen LogP contribution in [0.4, 0.5) is 0 Å². The van der Waals surface area contributed by atoms with Gasteiger partial charge in [-0.2, -0.15) is 0 Å². The highest BCUT2D eigenvalue weighted by molar-refractivity contribution is 7.09. The Labute approximate surface area is 82.0 Å². The lowest BCUT2D eigenvalue weighted by atomic mass is 9.86. The van der Waals surface area contributed by atoms with Gasteiger partial charge in [0.1, 0.15) is 5.78 Å². The largest absolute Gasteiger partial charge is 0.300 e. The van der Waals surface area contributed by atoms with Gasteiger partial charge in [-0.1, -0.05) is 0 Å². The predicted octanol–water partition coefficient (Wildman–Crippen LogP) is 2.68. The zero-order valence-corrected chi connectivity index (χ0v) is 8.56. The second kappa shape index (κ2) is 3.58. The van der Waals surface area contributed by atoms with Crippen LogP contribution in [0.2, 0.25) is 0 Å². The number of thiazole rings is 1. The van der Waals surface area contributed by atoms with Gasteiger partial charge in [-0.15, -0.1) is 11.3 Å². The topological polar surface area (TPSA) is 30.0 Å². The minimum atomic E-state index is 0.405. The Morgan fingerprint density at radius 3 is 3.08 bits per heavy atom. The average Bonchev–Trinajstić information content (AvgIpc) is 2.52. The second-order valence-corrected chi connectivity index (χ2v) is 4.69. The van der Waals surface area contributed by atoms with Gasteiger partial charge in [0.2, 0.25) is 0 Å². The molecule has 3 heteroatoms. The summed E-state index contributed by atoms with van der Waals surface area (Å²) in [6.45, 7) is 2.01. The van der Waals surface area contributed by atoms with E-state index in [1.807, 2.05) is 6.92 Å². The highest BCUT2D eigenvalue weighted by atomic mass is 32.1. The molecule has 0 saturated heterocycles. The maximum absolute atomic E-state index is 11.2. The smallest absolute Gasteiger partial charge is 0.133 e. The molecule has 13 heavy (non-hydrogen) atoms. The molecule has 1 fully saturated rings. The lowest BCUT2D eigenvalue weighted by Gasteiger charge is -2.18. The van der Waals surface area contributed by atoms with Crippen molar-refractivity contribution in [3.05, 3.63) is 16.1 Å². The first kappa shape index (κ1) is 8.88. The summed E-state index contributed by atoms with van der Waals surface area (Å²) < 4.78 is 0. The Morgan fingerprint density at radius 2 is 2.46 bits per heavy atom. The minimum Gasteiger partial charge on any atom is -0.300 e. The highest BCUT2D eigenvalue weighted by Crippen LogP contribution is 2.31. The summed E-state index contributed by atoms with van der Waals surface area (Å²) >= 11 is 1.68. The monoisotopic (exact) mass is 195 g/mol. The van der Waals surface area contributed by atoms with Crippen LogP contribution >= 0.6 is 11.3 Å². The molecule has 70 valence electrons. The third-order valence-electron chi connectivity index (χ3n) is 2.54. The molecule has 1 unspecified atom stereocenters. The fraction of sp³-hybridized carbons (Fsp3) is 0.600. The summed E-state index contributed by atoms with van der Waals surface area (Å²) in [5, 5.41) is 3.20. The number of hydrogen-bond donors (Lipinski definition) is 0. The van der Waals surface area contributed by atoms with E-state index >= 15 is 0 Å². The lowest BCUT2D eigenvalue weighted by molar-refractivity contribution is -0.120. The van der Waals surface area contributed by atoms with Crippen LogP contribution in [-0.4, -0.2) is 10.8 Å². The number of rotatable bonds is 1. The summed E-state index contributed by atoms with van der Waals surface area (Å²) in [6, 6.07) is 0. The summed E-state index contributed by atoms with van der Waals surface area (Å²) in [6.07, 6.45) is 3.66. The summed E-state index contributed by atoms with van der Waals surface area (Å²) in [5.41, 5.74) is 1.13. The zero-order valence-electron chi connectivity index (χ0n) is 7.75. The highest BCUT2D eigenvalue weighted by Gasteiger charge is 2.22. The first-order valence-corrected chi connectivity index (χ1v) is 5.57. The zero-order chi connectivity index (χ0) is 9.26. The van der Waals surface area contributed by atoms with Gasteiger partial charge in [0.15, 0.2) is 0 Å². The molecular formula is C10H13NOS. The normalized spacial score (nSPS) is 23.5. The van der Waals surface area contributed by atoms with Gasteiger partial charge in [-0.3, -0.25) is 4.79 Å². The predicted molar refractivity (Wildman–Crippen MR) is 53.1 cm³/mol. The molecule has 2 rings (SSSR count). The van der Waals surface area contributed by atoms with Crippen molar-refractivity contribution < 1.29 is 4.79 Å². The van der Waals surface area contributed by atoms with Gasteiger partial charge in [0.05, 0.1) is 10.7 Å². The fourth-order valence-corrected chi connectivity index (χ4v) is 2.54. The molecule has 2 nitrogen and oxygen atoms in total. The van der Waals surface area contributed by atoms with Crippen LogP contribution in [0.25, 0.3) is 0 Å². The van der Waals surface area contributed by atoms with Crippen molar-refractivity contribution >= 4 is 17.1 Å². The van der Waals surface area contributed by atoms with Gasteiger partial charge in [-0.25, -0.2) is 4.98 Å². The molecule has 1 atom stereocenters. The third kappa shape index (κ3) is 1.97. The summed E-state index contributed by atoms with van der Waals surface area (Å²) in [5.74, 6) is 0.813. The molecule has 1 aromatic heterocycles. The Bertz CT molecular complexity index is 318. The van der Waals surface area contributed by atoms with Gasteiger partial charge >= 0.3 is 0 Å². The first-order chi connectivity index (χ1) is 6.25. The van der Waals surface area contributed by atoms with Crippen LogP contribution in [-0.2, 0) is 4.79 Å². The maximum Gasteiger partial charge on any atom is 0.133 e. The van der Waals surface area contributed by atoms with Crippen molar-refractivity contribution in [1.82, 2.24) is 4.98 Å². The van der Waals surface area contributed by atoms with E-state index < -0.39 is 0 Å². The lowest BCUT2D eigenvalue weighted by Crippen LogP contribution is -2.13. The first-order valence-electron chi connectivity index (χ1n) is 4.69. The number of carbonyl (C=O) groups is 1. The van der Waals surface area contributed by atoms with Crippen LogP contribution < -0.4 is 0 Å². The third-order valence-corrected chi connectivity index (χ3v) is 3.33. The van der Waals surface area contributed by atoms with E-state index in [0.29, 0.717) is 18.1 Å². The number of Topliss-reactive ketones (excluding diaryl/α,β-unsaturated/α-hetero) is 1. The van der Waals surface area contributed by atoms with Crippen molar-refractivity contribution in [3.8, 4) is 0 Å². The van der Waals surface area contributed by atoms with Gasteiger partial charge in [0, 0.05) is 24.1 Å². The second-order valence-electron chi connectivity index (χ2n) is 3.62. The standard InChI is InChI=1S/C10H13NOS/c1-7-11-10(6-13-7)8-3-2-4-9(12)5-8/h6,8H,2-5H2,1H3. The van der Waals surface area contributed by atoms with Crippen LogP contribution in [0.15, 0.2) is 5.38 Å². The van der Waals surface area contributed by atoms with Crippen molar-refractivity contribution in [2.75, 3.05) is 0 Å².